The minimum Gasteiger partial charge on any atom is -0.444 e. The fraction of sp³-hybridized carbons (Fsp3) is 0.417. The number of benzene rings is 1. The third-order valence-electron chi connectivity index (χ3n) is 1.83. The predicted molar refractivity (Wildman–Crippen MR) is 65.8 cm³/mol. The van der Waals surface area contributed by atoms with Crippen molar-refractivity contribution in [3.8, 4) is 0 Å². The Kier molecular flexibility index (Phi) is 3.77. The molecule has 4 heteroatoms. The Hall–Kier alpha value is -1.71. The van der Waals surface area contributed by atoms with Gasteiger partial charge in [0.15, 0.2) is 0 Å². The van der Waals surface area contributed by atoms with Crippen molar-refractivity contribution in [3.05, 3.63) is 24.3 Å². The number of para-hydroxylation sites is 2. The predicted octanol–water partition coefficient (Wildman–Crippen LogP) is 3.08. The lowest BCUT2D eigenvalue weighted by Gasteiger charge is -2.20. The molecule has 0 saturated heterocycles. The second kappa shape index (κ2) is 4.88. The zero-order valence-corrected chi connectivity index (χ0v) is 10.1. The highest BCUT2D eigenvalue weighted by Gasteiger charge is 2.16. The van der Waals surface area contributed by atoms with Gasteiger partial charge < -0.3 is 10.1 Å². The molecule has 4 nitrogen and oxygen atoms in total. The molecule has 0 spiro atoms. The zero-order chi connectivity index (χ0) is 12.2. The number of amides is 1. The van der Waals surface area contributed by atoms with Crippen LogP contribution in [0.2, 0.25) is 0 Å². The van der Waals surface area contributed by atoms with Gasteiger partial charge in [-0.1, -0.05) is 12.1 Å². The summed E-state index contributed by atoms with van der Waals surface area (Å²) in [7, 11) is 1.80. The molecule has 1 amide bonds. The van der Waals surface area contributed by atoms with Crippen molar-refractivity contribution in [2.45, 2.75) is 26.4 Å². The van der Waals surface area contributed by atoms with E-state index in [2.05, 4.69) is 10.6 Å². The molecule has 88 valence electrons. The maximum Gasteiger partial charge on any atom is 0.412 e. The molecule has 0 unspecified atom stereocenters. The SMILES string of the molecule is CNc1ccccc1NC(=O)OC(C)(C)C. The summed E-state index contributed by atoms with van der Waals surface area (Å²) in [5.41, 5.74) is 1.08. The van der Waals surface area contributed by atoms with Gasteiger partial charge in [-0.3, -0.25) is 5.32 Å². The van der Waals surface area contributed by atoms with Crippen LogP contribution < -0.4 is 10.6 Å². The van der Waals surface area contributed by atoms with Crippen LogP contribution in [-0.2, 0) is 4.74 Å². The first-order valence-electron chi connectivity index (χ1n) is 5.19. The lowest BCUT2D eigenvalue weighted by atomic mass is 10.2. The first-order chi connectivity index (χ1) is 7.42. The van der Waals surface area contributed by atoms with E-state index in [9.17, 15) is 4.79 Å². The van der Waals surface area contributed by atoms with Crippen LogP contribution in [0.5, 0.6) is 0 Å². The van der Waals surface area contributed by atoms with Crippen molar-refractivity contribution in [1.82, 2.24) is 0 Å². The van der Waals surface area contributed by atoms with Crippen LogP contribution in [0.15, 0.2) is 24.3 Å². The van der Waals surface area contributed by atoms with Gasteiger partial charge in [0.2, 0.25) is 0 Å². The smallest absolute Gasteiger partial charge is 0.412 e. The molecule has 0 aromatic heterocycles. The number of rotatable bonds is 2. The minimum absolute atomic E-state index is 0.449. The van der Waals surface area contributed by atoms with Gasteiger partial charge in [-0.25, -0.2) is 4.79 Å². The summed E-state index contributed by atoms with van der Waals surface area (Å²) in [5, 5.41) is 5.69. The number of nitrogens with one attached hydrogen (secondary N) is 2. The molecule has 0 bridgehead atoms. The third kappa shape index (κ3) is 3.81. The number of carbonyl (C=O) groups is 1. The van der Waals surface area contributed by atoms with Gasteiger partial charge in [0.05, 0.1) is 11.4 Å². The Balaban J connectivity index is 2.70. The van der Waals surface area contributed by atoms with E-state index in [1.807, 2.05) is 45.0 Å². The fourth-order valence-electron chi connectivity index (χ4n) is 1.22. The van der Waals surface area contributed by atoms with E-state index in [0.29, 0.717) is 5.69 Å². The molecule has 1 aromatic carbocycles. The summed E-state index contributed by atoms with van der Waals surface area (Å²) in [6, 6.07) is 7.45. The number of carbonyl (C=O) groups excluding carboxylic acids is 1. The highest BCUT2D eigenvalue weighted by atomic mass is 16.6. The van der Waals surface area contributed by atoms with Gasteiger partial charge >= 0.3 is 6.09 Å². The van der Waals surface area contributed by atoms with Gasteiger partial charge in [0.1, 0.15) is 5.60 Å². The van der Waals surface area contributed by atoms with Crippen LogP contribution in [0.25, 0.3) is 0 Å². The average molecular weight is 222 g/mol. The van der Waals surface area contributed by atoms with E-state index < -0.39 is 11.7 Å². The molecule has 1 aromatic rings. The molecule has 0 saturated carbocycles. The number of hydrogen-bond donors (Lipinski definition) is 2. The molecule has 0 aliphatic heterocycles. The molecular weight excluding hydrogens is 204 g/mol. The number of anilines is 2. The summed E-state index contributed by atoms with van der Waals surface area (Å²) >= 11 is 0. The second-order valence-electron chi connectivity index (χ2n) is 4.42. The van der Waals surface area contributed by atoms with Crippen molar-refractivity contribution >= 4 is 17.5 Å². The number of ether oxygens (including phenoxy) is 1. The van der Waals surface area contributed by atoms with Crippen LogP contribution in [0, 0.1) is 0 Å². The van der Waals surface area contributed by atoms with Crippen LogP contribution in [0.3, 0.4) is 0 Å². The molecule has 0 radical (unpaired) electrons. The molecule has 0 aliphatic rings. The third-order valence-corrected chi connectivity index (χ3v) is 1.83. The van der Waals surface area contributed by atoms with Gasteiger partial charge in [0.25, 0.3) is 0 Å². The Morgan fingerprint density at radius 2 is 1.75 bits per heavy atom. The van der Waals surface area contributed by atoms with E-state index >= 15 is 0 Å². The first kappa shape index (κ1) is 12.4. The van der Waals surface area contributed by atoms with Crippen LogP contribution in [-0.4, -0.2) is 18.7 Å². The minimum atomic E-state index is -0.487. The highest BCUT2D eigenvalue weighted by Crippen LogP contribution is 2.20. The fourth-order valence-corrected chi connectivity index (χ4v) is 1.22. The van der Waals surface area contributed by atoms with Gasteiger partial charge in [-0.2, -0.15) is 0 Å². The first-order valence-corrected chi connectivity index (χ1v) is 5.19. The van der Waals surface area contributed by atoms with E-state index in [0.717, 1.165) is 5.69 Å². The Morgan fingerprint density at radius 1 is 1.19 bits per heavy atom. The van der Waals surface area contributed by atoms with Crippen molar-refractivity contribution in [1.29, 1.82) is 0 Å². The molecule has 0 atom stereocenters. The molecule has 0 heterocycles. The van der Waals surface area contributed by atoms with Crippen LogP contribution in [0.4, 0.5) is 16.2 Å². The molecule has 2 N–H and O–H groups in total. The zero-order valence-electron chi connectivity index (χ0n) is 10.1. The largest absolute Gasteiger partial charge is 0.444 e. The molecule has 1 rings (SSSR count). The average Bonchev–Trinajstić information content (AvgIpc) is 2.15. The normalized spacial score (nSPS) is 10.8. The Morgan fingerprint density at radius 3 is 2.25 bits per heavy atom. The summed E-state index contributed by atoms with van der Waals surface area (Å²) in [5.74, 6) is 0. The van der Waals surface area contributed by atoms with Crippen molar-refractivity contribution in [2.75, 3.05) is 17.7 Å². The number of hydrogen-bond acceptors (Lipinski definition) is 3. The molecule has 0 aliphatic carbocycles. The maximum atomic E-state index is 11.5. The van der Waals surface area contributed by atoms with Gasteiger partial charge in [-0.05, 0) is 32.9 Å². The topological polar surface area (TPSA) is 50.4 Å². The van der Waals surface area contributed by atoms with E-state index in [4.69, 9.17) is 4.74 Å². The second-order valence-corrected chi connectivity index (χ2v) is 4.42. The van der Waals surface area contributed by atoms with E-state index in [1.54, 1.807) is 7.05 Å². The summed E-state index contributed by atoms with van der Waals surface area (Å²) in [6.45, 7) is 5.49. The van der Waals surface area contributed by atoms with Crippen molar-refractivity contribution < 1.29 is 9.53 Å². The lowest BCUT2D eigenvalue weighted by Crippen LogP contribution is -2.27. The standard InChI is InChI=1S/C12H18N2O2/c1-12(2,3)16-11(15)14-10-8-6-5-7-9(10)13-4/h5-8,13H,1-4H3,(H,14,15). The van der Waals surface area contributed by atoms with Crippen molar-refractivity contribution in [2.24, 2.45) is 0 Å². The molecular formula is C12H18N2O2. The molecule has 0 fully saturated rings. The van der Waals surface area contributed by atoms with E-state index in [1.165, 1.54) is 0 Å². The Bertz CT molecular complexity index is 370. The maximum absolute atomic E-state index is 11.5. The summed E-state index contributed by atoms with van der Waals surface area (Å²) in [4.78, 5) is 11.5. The summed E-state index contributed by atoms with van der Waals surface area (Å²) < 4.78 is 5.16. The highest BCUT2D eigenvalue weighted by molar-refractivity contribution is 5.89. The van der Waals surface area contributed by atoms with Crippen molar-refractivity contribution in [3.63, 3.8) is 0 Å². The Labute approximate surface area is 96.0 Å². The lowest BCUT2D eigenvalue weighted by molar-refractivity contribution is 0.0636. The monoisotopic (exact) mass is 222 g/mol. The van der Waals surface area contributed by atoms with Crippen LogP contribution >= 0.6 is 0 Å². The summed E-state index contributed by atoms with van der Waals surface area (Å²) in [6.07, 6.45) is -0.449. The van der Waals surface area contributed by atoms with Gasteiger partial charge in [0, 0.05) is 7.05 Å². The molecule has 16 heavy (non-hydrogen) atoms. The quantitative estimate of drug-likeness (QED) is 0.808. The van der Waals surface area contributed by atoms with Crippen LogP contribution in [0.1, 0.15) is 20.8 Å². The van der Waals surface area contributed by atoms with E-state index in [-0.39, 0.29) is 0 Å². The van der Waals surface area contributed by atoms with Gasteiger partial charge in [-0.15, -0.1) is 0 Å².